The summed E-state index contributed by atoms with van der Waals surface area (Å²) in [7, 11) is 3.11. The lowest BCUT2D eigenvalue weighted by atomic mass is 9.92. The molecule has 1 aliphatic rings. The highest BCUT2D eigenvalue weighted by Gasteiger charge is 2.27. The van der Waals surface area contributed by atoms with E-state index in [1.54, 1.807) is 37.6 Å². The molecule has 0 radical (unpaired) electrons. The van der Waals surface area contributed by atoms with E-state index in [-0.39, 0.29) is 17.4 Å². The molecule has 1 amide bonds. The van der Waals surface area contributed by atoms with Crippen molar-refractivity contribution in [2.24, 2.45) is 0 Å². The number of pyridine rings is 1. The third kappa shape index (κ3) is 4.42. The molecular formula is C23H24N4O4. The normalized spacial score (nSPS) is 14.3. The number of carbonyl (C=O) groups excluding carboxylic acids is 1. The number of hydrogen-bond acceptors (Lipinski definition) is 6. The SMILES string of the molecule is COc1ccc(C(=O)N2CCC(c3cc(=O)[nH]c(-c4ccccn4)n3)CC2)c(OC)c1. The molecule has 2 aromatic heterocycles. The first-order valence-electron chi connectivity index (χ1n) is 10.1. The number of piperidine rings is 1. The number of likely N-dealkylation sites (tertiary alicyclic amines) is 1. The van der Waals surface area contributed by atoms with Crippen molar-refractivity contribution in [3.05, 3.63) is 70.3 Å². The average Bonchev–Trinajstić information content (AvgIpc) is 2.83. The van der Waals surface area contributed by atoms with E-state index in [1.807, 2.05) is 23.1 Å². The number of hydrogen-bond donors (Lipinski definition) is 1. The van der Waals surface area contributed by atoms with E-state index in [2.05, 4.69) is 15.0 Å². The fraction of sp³-hybridized carbons (Fsp3) is 0.304. The third-order valence-corrected chi connectivity index (χ3v) is 5.51. The van der Waals surface area contributed by atoms with Gasteiger partial charge in [0.1, 0.15) is 17.2 Å². The van der Waals surface area contributed by atoms with Gasteiger partial charge in [-0.2, -0.15) is 0 Å². The van der Waals surface area contributed by atoms with Crippen LogP contribution in [0.3, 0.4) is 0 Å². The van der Waals surface area contributed by atoms with Gasteiger partial charge < -0.3 is 19.4 Å². The molecule has 0 aliphatic carbocycles. The fourth-order valence-corrected chi connectivity index (χ4v) is 3.83. The Balaban J connectivity index is 1.49. The number of nitrogens with zero attached hydrogens (tertiary/aromatic N) is 3. The summed E-state index contributed by atoms with van der Waals surface area (Å²) in [5, 5.41) is 0. The number of methoxy groups -OCH3 is 2. The highest BCUT2D eigenvalue weighted by molar-refractivity contribution is 5.97. The van der Waals surface area contributed by atoms with Gasteiger partial charge in [0.15, 0.2) is 5.82 Å². The van der Waals surface area contributed by atoms with E-state index in [0.29, 0.717) is 41.7 Å². The quantitative estimate of drug-likeness (QED) is 0.682. The van der Waals surface area contributed by atoms with Gasteiger partial charge in [0.05, 0.1) is 25.5 Å². The molecular weight excluding hydrogens is 396 g/mol. The predicted molar refractivity (Wildman–Crippen MR) is 116 cm³/mol. The van der Waals surface area contributed by atoms with Crippen molar-refractivity contribution in [1.29, 1.82) is 0 Å². The molecule has 0 unspecified atom stereocenters. The number of rotatable bonds is 5. The lowest BCUT2D eigenvalue weighted by Gasteiger charge is -2.32. The monoisotopic (exact) mass is 420 g/mol. The molecule has 3 aromatic rings. The van der Waals surface area contributed by atoms with E-state index in [9.17, 15) is 9.59 Å². The van der Waals surface area contributed by atoms with Crippen molar-refractivity contribution in [1.82, 2.24) is 19.9 Å². The van der Waals surface area contributed by atoms with Crippen LogP contribution in [0.15, 0.2) is 53.5 Å². The first-order chi connectivity index (χ1) is 15.1. The molecule has 1 N–H and O–H groups in total. The summed E-state index contributed by atoms with van der Waals surface area (Å²) >= 11 is 0. The number of nitrogens with one attached hydrogen (secondary N) is 1. The van der Waals surface area contributed by atoms with Gasteiger partial charge in [-0.15, -0.1) is 0 Å². The first-order valence-corrected chi connectivity index (χ1v) is 10.1. The van der Waals surface area contributed by atoms with E-state index in [4.69, 9.17) is 9.47 Å². The van der Waals surface area contributed by atoms with Gasteiger partial charge >= 0.3 is 0 Å². The molecule has 0 spiro atoms. The Labute approximate surface area is 179 Å². The molecule has 1 saturated heterocycles. The Morgan fingerprint density at radius 3 is 2.58 bits per heavy atom. The van der Waals surface area contributed by atoms with Gasteiger partial charge in [-0.3, -0.25) is 14.6 Å². The molecule has 31 heavy (non-hydrogen) atoms. The lowest BCUT2D eigenvalue weighted by molar-refractivity contribution is 0.0708. The Kier molecular flexibility index (Phi) is 5.97. The molecule has 160 valence electrons. The van der Waals surface area contributed by atoms with Crippen molar-refractivity contribution >= 4 is 5.91 Å². The second-order valence-electron chi connectivity index (χ2n) is 7.37. The van der Waals surface area contributed by atoms with Crippen molar-refractivity contribution < 1.29 is 14.3 Å². The summed E-state index contributed by atoms with van der Waals surface area (Å²) < 4.78 is 10.6. The number of H-pyrrole nitrogens is 1. The Morgan fingerprint density at radius 2 is 1.90 bits per heavy atom. The number of aromatic amines is 1. The molecule has 1 aliphatic heterocycles. The van der Waals surface area contributed by atoms with Crippen molar-refractivity contribution in [3.63, 3.8) is 0 Å². The third-order valence-electron chi connectivity index (χ3n) is 5.51. The smallest absolute Gasteiger partial charge is 0.257 e. The summed E-state index contributed by atoms with van der Waals surface area (Å²) in [6.45, 7) is 1.15. The lowest BCUT2D eigenvalue weighted by Crippen LogP contribution is -2.38. The highest BCUT2D eigenvalue weighted by Crippen LogP contribution is 2.30. The van der Waals surface area contributed by atoms with Gasteiger partial charge in [-0.05, 0) is 37.1 Å². The fourth-order valence-electron chi connectivity index (χ4n) is 3.83. The number of ether oxygens (including phenoxy) is 2. The van der Waals surface area contributed by atoms with Crippen molar-refractivity contribution in [3.8, 4) is 23.0 Å². The van der Waals surface area contributed by atoms with Gasteiger partial charge in [-0.1, -0.05) is 6.07 Å². The predicted octanol–water partition coefficient (Wildman–Crippen LogP) is 2.87. The molecule has 8 nitrogen and oxygen atoms in total. The molecule has 4 rings (SSSR count). The first kappa shape index (κ1) is 20.6. The average molecular weight is 420 g/mol. The number of aromatic nitrogens is 3. The van der Waals surface area contributed by atoms with Crippen LogP contribution in [0.25, 0.3) is 11.5 Å². The minimum absolute atomic E-state index is 0.0778. The van der Waals surface area contributed by atoms with Crippen molar-refractivity contribution in [2.75, 3.05) is 27.3 Å². The van der Waals surface area contributed by atoms with Gasteiger partial charge in [0.2, 0.25) is 0 Å². The zero-order valence-electron chi connectivity index (χ0n) is 17.5. The summed E-state index contributed by atoms with van der Waals surface area (Å²) in [6.07, 6.45) is 3.12. The van der Waals surface area contributed by atoms with E-state index in [1.165, 1.54) is 7.11 Å². The molecule has 1 aromatic carbocycles. The Bertz CT molecular complexity index is 1120. The van der Waals surface area contributed by atoms with Gasteiger partial charge in [-0.25, -0.2) is 4.98 Å². The van der Waals surface area contributed by atoms with E-state index in [0.717, 1.165) is 18.5 Å². The number of carbonyl (C=O) groups is 1. The van der Waals surface area contributed by atoms with Crippen LogP contribution >= 0.6 is 0 Å². The zero-order valence-corrected chi connectivity index (χ0v) is 17.5. The maximum Gasteiger partial charge on any atom is 0.257 e. The van der Waals surface area contributed by atoms with E-state index >= 15 is 0 Å². The second kappa shape index (κ2) is 8.99. The van der Waals surface area contributed by atoms with E-state index < -0.39 is 0 Å². The largest absolute Gasteiger partial charge is 0.497 e. The standard InChI is InChI=1S/C23H24N4O4/c1-30-16-6-7-17(20(13-16)31-2)23(29)27-11-8-15(9-12-27)19-14-21(28)26-22(25-19)18-5-3-4-10-24-18/h3-7,10,13-15H,8-9,11-12H2,1-2H3,(H,25,26,28). The summed E-state index contributed by atoms with van der Waals surface area (Å²) in [4.78, 5) is 38.7. The van der Waals surface area contributed by atoms with Crippen molar-refractivity contribution in [2.45, 2.75) is 18.8 Å². The molecule has 8 heteroatoms. The van der Waals surface area contributed by atoms with Crippen LogP contribution in [0, 0.1) is 0 Å². The Hall–Kier alpha value is -3.68. The van der Waals surface area contributed by atoms with Crippen LogP contribution in [-0.4, -0.2) is 53.1 Å². The zero-order chi connectivity index (χ0) is 21.8. The Morgan fingerprint density at radius 1 is 1.10 bits per heavy atom. The van der Waals surface area contributed by atoms with Gasteiger partial charge in [0.25, 0.3) is 11.5 Å². The maximum absolute atomic E-state index is 13.0. The topological polar surface area (TPSA) is 97.4 Å². The van der Waals surface area contributed by atoms with Gasteiger partial charge in [0, 0.05) is 37.3 Å². The summed E-state index contributed by atoms with van der Waals surface area (Å²) in [5.74, 6) is 1.61. The summed E-state index contributed by atoms with van der Waals surface area (Å²) in [6, 6.07) is 12.2. The number of benzene rings is 1. The molecule has 0 bridgehead atoms. The van der Waals surface area contributed by atoms with Crippen LogP contribution in [-0.2, 0) is 0 Å². The highest BCUT2D eigenvalue weighted by atomic mass is 16.5. The van der Waals surface area contributed by atoms with Crippen LogP contribution < -0.4 is 15.0 Å². The second-order valence-corrected chi connectivity index (χ2v) is 7.37. The minimum Gasteiger partial charge on any atom is -0.497 e. The molecule has 3 heterocycles. The maximum atomic E-state index is 13.0. The molecule has 0 saturated carbocycles. The summed E-state index contributed by atoms with van der Waals surface area (Å²) in [5.41, 5.74) is 1.67. The van der Waals surface area contributed by atoms with Crippen LogP contribution in [0.2, 0.25) is 0 Å². The van der Waals surface area contributed by atoms with Crippen LogP contribution in [0.4, 0.5) is 0 Å². The minimum atomic E-state index is -0.202. The molecule has 1 fully saturated rings. The van der Waals surface area contributed by atoms with Crippen LogP contribution in [0.1, 0.15) is 34.8 Å². The van der Waals surface area contributed by atoms with Crippen LogP contribution in [0.5, 0.6) is 11.5 Å². The molecule has 0 atom stereocenters. The number of amides is 1.